The number of aromatic amines is 1. The van der Waals surface area contributed by atoms with Gasteiger partial charge < -0.3 is 15.0 Å². The van der Waals surface area contributed by atoms with Crippen molar-refractivity contribution in [3.8, 4) is 5.75 Å². The van der Waals surface area contributed by atoms with Gasteiger partial charge in [-0.05, 0) is 67.6 Å². The molecule has 1 aliphatic heterocycles. The van der Waals surface area contributed by atoms with Crippen molar-refractivity contribution >= 4 is 10.9 Å². The van der Waals surface area contributed by atoms with Crippen molar-refractivity contribution in [3.05, 3.63) is 64.3 Å². The molecule has 0 amide bonds. The van der Waals surface area contributed by atoms with Gasteiger partial charge in [0.15, 0.2) is 0 Å². The molecule has 0 fully saturated rings. The number of aryl methyl sites for hydroxylation is 2. The van der Waals surface area contributed by atoms with Gasteiger partial charge in [0.2, 0.25) is 0 Å². The average Bonchev–Trinajstić information content (AvgIpc) is 3.00. The van der Waals surface area contributed by atoms with Crippen molar-refractivity contribution < 1.29 is 4.74 Å². The quantitative estimate of drug-likeness (QED) is 0.727. The number of H-pyrrole nitrogens is 1. The molecule has 0 saturated heterocycles. The molecule has 0 spiro atoms. The Labute approximate surface area is 149 Å². The number of aromatic nitrogens is 1. The second kappa shape index (κ2) is 6.57. The molecule has 2 aromatic carbocycles. The summed E-state index contributed by atoms with van der Waals surface area (Å²) in [4.78, 5) is 3.69. The predicted molar refractivity (Wildman–Crippen MR) is 104 cm³/mol. The summed E-state index contributed by atoms with van der Waals surface area (Å²) >= 11 is 0. The molecule has 0 radical (unpaired) electrons. The molecule has 2 heterocycles. The maximum atomic E-state index is 5.69. The zero-order valence-electron chi connectivity index (χ0n) is 15.3. The van der Waals surface area contributed by atoms with Gasteiger partial charge in [-0.2, -0.15) is 0 Å². The highest BCUT2D eigenvalue weighted by Crippen LogP contribution is 2.36. The van der Waals surface area contributed by atoms with Crippen LogP contribution in [-0.2, 0) is 12.8 Å². The minimum Gasteiger partial charge on any atom is -0.494 e. The molecule has 130 valence electrons. The number of ether oxygens (including phenoxy) is 1. The van der Waals surface area contributed by atoms with Crippen LogP contribution in [0.15, 0.2) is 36.4 Å². The first kappa shape index (κ1) is 16.2. The molecule has 1 atom stereocenters. The van der Waals surface area contributed by atoms with E-state index in [-0.39, 0.29) is 6.04 Å². The highest BCUT2D eigenvalue weighted by molar-refractivity contribution is 5.86. The van der Waals surface area contributed by atoms with E-state index in [1.165, 1.54) is 38.9 Å². The Morgan fingerprint density at radius 3 is 2.80 bits per heavy atom. The van der Waals surface area contributed by atoms with E-state index in [4.69, 9.17) is 4.74 Å². The minimum absolute atomic E-state index is 0.224. The minimum atomic E-state index is 0.224. The third-order valence-corrected chi connectivity index (χ3v) is 5.22. The maximum absolute atomic E-state index is 5.69. The highest BCUT2D eigenvalue weighted by Gasteiger charge is 2.26. The van der Waals surface area contributed by atoms with E-state index in [9.17, 15) is 0 Å². The molecular formula is C22H26N2O. The lowest BCUT2D eigenvalue weighted by molar-refractivity contribution is 0.339. The van der Waals surface area contributed by atoms with Crippen LogP contribution >= 0.6 is 0 Å². The predicted octanol–water partition coefficient (Wildman–Crippen LogP) is 4.67. The molecule has 25 heavy (non-hydrogen) atoms. The summed E-state index contributed by atoms with van der Waals surface area (Å²) in [5.41, 5.74) is 8.07. The Morgan fingerprint density at radius 2 is 2.00 bits per heavy atom. The molecule has 3 nitrogen and oxygen atoms in total. The van der Waals surface area contributed by atoms with Crippen LogP contribution < -0.4 is 10.1 Å². The largest absolute Gasteiger partial charge is 0.494 e. The summed E-state index contributed by atoms with van der Waals surface area (Å²) in [6.45, 7) is 8.12. The van der Waals surface area contributed by atoms with Gasteiger partial charge in [0.25, 0.3) is 0 Å². The van der Waals surface area contributed by atoms with Gasteiger partial charge in [-0.1, -0.05) is 24.6 Å². The average molecular weight is 334 g/mol. The summed E-state index contributed by atoms with van der Waals surface area (Å²) in [7, 11) is 0. The molecule has 0 aliphatic carbocycles. The Morgan fingerprint density at radius 1 is 1.12 bits per heavy atom. The Kier molecular flexibility index (Phi) is 4.26. The van der Waals surface area contributed by atoms with Gasteiger partial charge in [0, 0.05) is 23.1 Å². The van der Waals surface area contributed by atoms with E-state index < -0.39 is 0 Å². The van der Waals surface area contributed by atoms with Gasteiger partial charge in [-0.15, -0.1) is 0 Å². The summed E-state index contributed by atoms with van der Waals surface area (Å²) in [6, 6.07) is 13.4. The van der Waals surface area contributed by atoms with E-state index >= 15 is 0 Å². The molecule has 1 aliphatic rings. The number of hydrogen-bond donors (Lipinski definition) is 2. The second-order valence-electron chi connectivity index (χ2n) is 6.85. The van der Waals surface area contributed by atoms with Crippen LogP contribution in [-0.4, -0.2) is 18.1 Å². The van der Waals surface area contributed by atoms with Crippen LogP contribution in [0.1, 0.15) is 47.8 Å². The summed E-state index contributed by atoms with van der Waals surface area (Å²) in [5, 5.41) is 5.10. The van der Waals surface area contributed by atoms with Crippen LogP contribution in [0, 0.1) is 6.92 Å². The first-order valence-corrected chi connectivity index (χ1v) is 9.31. The summed E-state index contributed by atoms with van der Waals surface area (Å²) in [6.07, 6.45) is 2.08. The molecule has 1 unspecified atom stereocenters. The zero-order chi connectivity index (χ0) is 17.4. The number of hydrogen-bond acceptors (Lipinski definition) is 2. The fourth-order valence-corrected chi connectivity index (χ4v) is 4.03. The SMILES string of the molecule is CCOc1ccc(C2NCCc3c2[nH]c2ccc(C)cc32)c(CC)c1. The van der Waals surface area contributed by atoms with Crippen molar-refractivity contribution in [3.63, 3.8) is 0 Å². The number of benzene rings is 2. The monoisotopic (exact) mass is 334 g/mol. The summed E-state index contributed by atoms with van der Waals surface area (Å²) in [5.74, 6) is 0.964. The maximum Gasteiger partial charge on any atom is 0.119 e. The molecule has 2 N–H and O–H groups in total. The van der Waals surface area contributed by atoms with Gasteiger partial charge in [0.05, 0.1) is 12.6 Å². The Hall–Kier alpha value is -2.26. The third-order valence-electron chi connectivity index (χ3n) is 5.22. The van der Waals surface area contributed by atoms with Gasteiger partial charge in [-0.3, -0.25) is 0 Å². The van der Waals surface area contributed by atoms with E-state index in [1.54, 1.807) is 0 Å². The second-order valence-corrected chi connectivity index (χ2v) is 6.85. The van der Waals surface area contributed by atoms with Gasteiger partial charge in [-0.25, -0.2) is 0 Å². The first-order chi connectivity index (χ1) is 12.2. The molecule has 0 bridgehead atoms. The van der Waals surface area contributed by atoms with E-state index in [2.05, 4.69) is 60.5 Å². The van der Waals surface area contributed by atoms with E-state index in [1.807, 2.05) is 6.92 Å². The van der Waals surface area contributed by atoms with Crippen LogP contribution in [0.5, 0.6) is 5.75 Å². The smallest absolute Gasteiger partial charge is 0.119 e. The third kappa shape index (κ3) is 2.83. The van der Waals surface area contributed by atoms with Crippen molar-refractivity contribution in [2.45, 2.75) is 39.7 Å². The number of nitrogens with one attached hydrogen (secondary N) is 2. The zero-order valence-corrected chi connectivity index (χ0v) is 15.3. The van der Waals surface area contributed by atoms with E-state index in [0.29, 0.717) is 6.61 Å². The van der Waals surface area contributed by atoms with Crippen molar-refractivity contribution in [2.75, 3.05) is 13.2 Å². The standard InChI is InChI=1S/C22H26N2O/c1-4-15-13-16(25-5-2)7-8-17(15)21-22-18(10-11-23-21)19-12-14(3)6-9-20(19)24-22/h6-9,12-13,21,23-24H,4-5,10-11H2,1-3H3. The lowest BCUT2D eigenvalue weighted by atomic mass is 9.90. The van der Waals surface area contributed by atoms with Crippen molar-refractivity contribution in [1.82, 2.24) is 10.3 Å². The van der Waals surface area contributed by atoms with Crippen LogP contribution in [0.25, 0.3) is 10.9 Å². The van der Waals surface area contributed by atoms with Crippen LogP contribution in [0.2, 0.25) is 0 Å². The molecule has 1 aromatic heterocycles. The lowest BCUT2D eigenvalue weighted by Crippen LogP contribution is -2.31. The van der Waals surface area contributed by atoms with Crippen LogP contribution in [0.4, 0.5) is 0 Å². The number of fused-ring (bicyclic) bond motifs is 3. The van der Waals surface area contributed by atoms with Gasteiger partial charge >= 0.3 is 0 Å². The fraction of sp³-hybridized carbons (Fsp3) is 0.364. The normalized spacial score (nSPS) is 16.8. The van der Waals surface area contributed by atoms with Crippen molar-refractivity contribution in [2.24, 2.45) is 0 Å². The molecular weight excluding hydrogens is 308 g/mol. The molecule has 3 aromatic rings. The van der Waals surface area contributed by atoms with Crippen LogP contribution in [0.3, 0.4) is 0 Å². The Balaban J connectivity index is 1.82. The van der Waals surface area contributed by atoms with Crippen molar-refractivity contribution in [1.29, 1.82) is 0 Å². The highest BCUT2D eigenvalue weighted by atomic mass is 16.5. The molecule has 4 rings (SSSR count). The Bertz CT molecular complexity index is 910. The number of rotatable bonds is 4. The topological polar surface area (TPSA) is 37.0 Å². The fourth-order valence-electron chi connectivity index (χ4n) is 4.03. The lowest BCUT2D eigenvalue weighted by Gasteiger charge is -2.27. The summed E-state index contributed by atoms with van der Waals surface area (Å²) < 4.78 is 5.69. The van der Waals surface area contributed by atoms with Gasteiger partial charge in [0.1, 0.15) is 5.75 Å². The van der Waals surface area contributed by atoms with E-state index in [0.717, 1.165) is 25.1 Å². The first-order valence-electron chi connectivity index (χ1n) is 9.31. The molecule has 3 heteroatoms. The molecule has 0 saturated carbocycles.